The molecule has 3 aromatic rings. The van der Waals surface area contributed by atoms with E-state index in [9.17, 15) is 9.59 Å². The summed E-state index contributed by atoms with van der Waals surface area (Å²) in [7, 11) is 0. The van der Waals surface area contributed by atoms with Crippen molar-refractivity contribution in [1.29, 1.82) is 0 Å². The Balaban J connectivity index is 1.85. The predicted octanol–water partition coefficient (Wildman–Crippen LogP) is 3.13. The van der Waals surface area contributed by atoms with E-state index in [0.717, 1.165) is 17.7 Å². The van der Waals surface area contributed by atoms with Crippen molar-refractivity contribution >= 4 is 23.4 Å². The van der Waals surface area contributed by atoms with Crippen LogP contribution in [0, 0.1) is 5.92 Å². The third-order valence-electron chi connectivity index (χ3n) is 4.28. The Morgan fingerprint density at radius 2 is 1.93 bits per heavy atom. The average Bonchev–Trinajstić information content (AvgIpc) is 2.68. The number of aromatic nitrogens is 3. The lowest BCUT2D eigenvalue weighted by molar-refractivity contribution is 0.0999. The fourth-order valence-electron chi connectivity index (χ4n) is 2.74. The Bertz CT molecular complexity index is 1030. The SMILES string of the molecule is CC(C)CCNc1nc(Nc2ccc(-c3ccccc3)nc2)c(C(N)=O)c(=O)[nH]1. The predicted molar refractivity (Wildman–Crippen MR) is 114 cm³/mol. The summed E-state index contributed by atoms with van der Waals surface area (Å²) in [5, 5.41) is 6.04. The smallest absolute Gasteiger partial charge is 0.267 e. The molecule has 0 unspecified atom stereocenters. The van der Waals surface area contributed by atoms with Crippen molar-refractivity contribution in [2.75, 3.05) is 17.2 Å². The molecular weight excluding hydrogens is 368 g/mol. The molecule has 2 heterocycles. The highest BCUT2D eigenvalue weighted by Crippen LogP contribution is 2.21. The van der Waals surface area contributed by atoms with Crippen LogP contribution >= 0.6 is 0 Å². The first-order valence-electron chi connectivity index (χ1n) is 9.40. The number of hydrogen-bond donors (Lipinski definition) is 4. The number of amides is 1. The number of benzene rings is 1. The van der Waals surface area contributed by atoms with Crippen LogP contribution in [-0.2, 0) is 0 Å². The molecule has 8 nitrogen and oxygen atoms in total. The van der Waals surface area contributed by atoms with Gasteiger partial charge in [0, 0.05) is 12.1 Å². The second-order valence-electron chi connectivity index (χ2n) is 7.03. The van der Waals surface area contributed by atoms with E-state index in [0.29, 0.717) is 18.2 Å². The van der Waals surface area contributed by atoms with Crippen molar-refractivity contribution in [3.05, 3.63) is 64.6 Å². The zero-order valence-corrected chi connectivity index (χ0v) is 16.4. The second-order valence-corrected chi connectivity index (χ2v) is 7.03. The molecule has 29 heavy (non-hydrogen) atoms. The van der Waals surface area contributed by atoms with Gasteiger partial charge in [-0.1, -0.05) is 44.2 Å². The lowest BCUT2D eigenvalue weighted by atomic mass is 10.1. The van der Waals surface area contributed by atoms with Crippen LogP contribution in [-0.4, -0.2) is 27.4 Å². The minimum Gasteiger partial charge on any atom is -0.365 e. The average molecular weight is 392 g/mol. The number of carbonyl (C=O) groups excluding carboxylic acids is 1. The molecule has 0 atom stereocenters. The molecule has 0 saturated carbocycles. The van der Waals surface area contributed by atoms with E-state index in [2.05, 4.69) is 39.4 Å². The number of rotatable bonds is 8. The lowest BCUT2D eigenvalue weighted by Crippen LogP contribution is -2.27. The van der Waals surface area contributed by atoms with Crippen LogP contribution in [0.25, 0.3) is 11.3 Å². The van der Waals surface area contributed by atoms with E-state index in [1.54, 1.807) is 12.3 Å². The van der Waals surface area contributed by atoms with Gasteiger partial charge in [-0.25, -0.2) is 0 Å². The highest BCUT2D eigenvalue weighted by Gasteiger charge is 2.17. The highest BCUT2D eigenvalue weighted by atomic mass is 16.2. The van der Waals surface area contributed by atoms with Gasteiger partial charge in [0.2, 0.25) is 5.95 Å². The third kappa shape index (κ3) is 5.19. The van der Waals surface area contributed by atoms with Crippen LogP contribution in [0.2, 0.25) is 0 Å². The van der Waals surface area contributed by atoms with Crippen molar-refractivity contribution in [1.82, 2.24) is 15.0 Å². The van der Waals surface area contributed by atoms with Crippen molar-refractivity contribution in [2.24, 2.45) is 11.7 Å². The van der Waals surface area contributed by atoms with Crippen molar-refractivity contribution in [3.8, 4) is 11.3 Å². The number of hydrogen-bond acceptors (Lipinski definition) is 6. The zero-order chi connectivity index (χ0) is 20.8. The standard InChI is InChI=1S/C21H24N6O2/c1-13(2)10-11-23-21-26-19(17(18(22)28)20(29)27-21)25-15-8-9-16(24-12-15)14-6-4-3-5-7-14/h3-9,12-13H,10-11H2,1-2H3,(H2,22,28)(H3,23,25,26,27,29). The molecule has 0 saturated heterocycles. The summed E-state index contributed by atoms with van der Waals surface area (Å²) in [6, 6.07) is 13.4. The molecule has 1 aromatic carbocycles. The van der Waals surface area contributed by atoms with E-state index >= 15 is 0 Å². The molecule has 0 aliphatic rings. The molecule has 0 bridgehead atoms. The van der Waals surface area contributed by atoms with Crippen molar-refractivity contribution < 1.29 is 4.79 Å². The fraction of sp³-hybridized carbons (Fsp3) is 0.238. The Morgan fingerprint density at radius 3 is 2.55 bits per heavy atom. The lowest BCUT2D eigenvalue weighted by Gasteiger charge is -2.12. The molecule has 1 amide bonds. The maximum absolute atomic E-state index is 12.3. The van der Waals surface area contributed by atoms with Gasteiger partial charge in [-0.2, -0.15) is 4.98 Å². The van der Waals surface area contributed by atoms with Crippen molar-refractivity contribution in [3.63, 3.8) is 0 Å². The van der Waals surface area contributed by atoms with Gasteiger partial charge >= 0.3 is 0 Å². The number of H-pyrrole nitrogens is 1. The maximum atomic E-state index is 12.3. The Labute approximate surface area is 168 Å². The molecule has 0 aliphatic carbocycles. The molecule has 3 rings (SSSR count). The molecule has 2 aromatic heterocycles. The quantitative estimate of drug-likeness (QED) is 0.467. The van der Waals surface area contributed by atoms with Crippen LogP contribution < -0.4 is 21.9 Å². The van der Waals surface area contributed by atoms with Gasteiger partial charge in [-0.05, 0) is 24.5 Å². The van der Waals surface area contributed by atoms with Gasteiger partial charge in [0.25, 0.3) is 11.5 Å². The number of nitrogens with two attached hydrogens (primary N) is 1. The molecular formula is C21H24N6O2. The summed E-state index contributed by atoms with van der Waals surface area (Å²) in [6.45, 7) is 4.85. The van der Waals surface area contributed by atoms with Gasteiger partial charge in [0.15, 0.2) is 5.82 Å². The molecule has 0 spiro atoms. The van der Waals surface area contributed by atoms with Gasteiger partial charge < -0.3 is 16.4 Å². The first-order chi connectivity index (χ1) is 13.9. The number of nitrogens with zero attached hydrogens (tertiary/aromatic N) is 2. The molecule has 8 heteroatoms. The summed E-state index contributed by atoms with van der Waals surface area (Å²) < 4.78 is 0. The van der Waals surface area contributed by atoms with Crippen LogP contribution in [0.15, 0.2) is 53.5 Å². The maximum Gasteiger partial charge on any atom is 0.267 e. The van der Waals surface area contributed by atoms with Crippen LogP contribution in [0.4, 0.5) is 17.5 Å². The fourth-order valence-corrected chi connectivity index (χ4v) is 2.74. The Hall–Kier alpha value is -3.68. The van der Waals surface area contributed by atoms with Gasteiger partial charge in [-0.3, -0.25) is 19.6 Å². The number of pyridine rings is 1. The van der Waals surface area contributed by atoms with E-state index in [1.165, 1.54) is 0 Å². The Kier molecular flexibility index (Phi) is 6.23. The number of aromatic amines is 1. The highest BCUT2D eigenvalue weighted by molar-refractivity contribution is 5.98. The van der Waals surface area contributed by atoms with Gasteiger partial charge in [0.1, 0.15) is 5.56 Å². The molecule has 0 radical (unpaired) electrons. The van der Waals surface area contributed by atoms with Gasteiger partial charge in [0.05, 0.1) is 17.6 Å². The number of anilines is 3. The minimum atomic E-state index is -0.858. The Morgan fingerprint density at radius 1 is 1.17 bits per heavy atom. The summed E-state index contributed by atoms with van der Waals surface area (Å²) in [6.07, 6.45) is 2.52. The van der Waals surface area contributed by atoms with E-state index in [1.807, 2.05) is 36.4 Å². The second kappa shape index (κ2) is 9.01. The largest absolute Gasteiger partial charge is 0.365 e. The summed E-state index contributed by atoms with van der Waals surface area (Å²) >= 11 is 0. The normalized spacial score (nSPS) is 10.7. The zero-order valence-electron chi connectivity index (χ0n) is 16.4. The van der Waals surface area contributed by atoms with Crippen molar-refractivity contribution in [2.45, 2.75) is 20.3 Å². The van der Waals surface area contributed by atoms with Crippen LogP contribution in [0.1, 0.15) is 30.6 Å². The summed E-state index contributed by atoms with van der Waals surface area (Å²) in [4.78, 5) is 35.4. The molecule has 150 valence electrons. The molecule has 0 fully saturated rings. The van der Waals surface area contributed by atoms with Gasteiger partial charge in [-0.15, -0.1) is 0 Å². The first-order valence-corrected chi connectivity index (χ1v) is 9.40. The molecule has 5 N–H and O–H groups in total. The number of carbonyl (C=O) groups is 1. The number of primary amides is 1. The van der Waals surface area contributed by atoms with Crippen LogP contribution in [0.3, 0.4) is 0 Å². The van der Waals surface area contributed by atoms with E-state index in [-0.39, 0.29) is 17.3 Å². The van der Waals surface area contributed by atoms with Crippen LogP contribution in [0.5, 0.6) is 0 Å². The summed E-state index contributed by atoms with van der Waals surface area (Å²) in [5.41, 5.74) is 6.93. The first kappa shape index (κ1) is 20.1. The molecule has 0 aliphatic heterocycles. The number of nitrogens with one attached hydrogen (secondary N) is 3. The topological polar surface area (TPSA) is 126 Å². The monoisotopic (exact) mass is 392 g/mol. The minimum absolute atomic E-state index is 0.0857. The third-order valence-corrected chi connectivity index (χ3v) is 4.28. The van der Waals surface area contributed by atoms with E-state index in [4.69, 9.17) is 5.73 Å². The van der Waals surface area contributed by atoms with E-state index < -0.39 is 11.5 Å². The summed E-state index contributed by atoms with van der Waals surface area (Å²) in [5.74, 6) is 0.00864.